The molecule has 1 saturated heterocycles. The number of carbonyl (C=O) groups excluding carboxylic acids is 3. The van der Waals surface area contributed by atoms with E-state index in [-0.39, 0.29) is 18.4 Å². The summed E-state index contributed by atoms with van der Waals surface area (Å²) in [7, 11) is 0. The van der Waals surface area contributed by atoms with Gasteiger partial charge in [0.2, 0.25) is 5.91 Å². The van der Waals surface area contributed by atoms with Crippen LogP contribution in [0.4, 0.5) is 4.79 Å². The molecule has 1 aromatic rings. The molecule has 2 aliphatic rings. The number of rotatable bonds is 5. The lowest BCUT2D eigenvalue weighted by atomic mass is 10.2. The molecule has 29 heavy (non-hydrogen) atoms. The highest BCUT2D eigenvalue weighted by atomic mass is 16.7. The minimum absolute atomic E-state index is 0.0455. The number of hydrogen-bond acceptors (Lipinski definition) is 5. The fourth-order valence-electron chi connectivity index (χ4n) is 3.38. The maximum absolute atomic E-state index is 12.8. The average Bonchev–Trinajstić information content (AvgIpc) is 3.55. The Morgan fingerprint density at radius 3 is 2.34 bits per heavy atom. The van der Waals surface area contributed by atoms with Crippen LogP contribution in [-0.4, -0.2) is 60.6 Å². The predicted octanol–water partition coefficient (Wildman–Crippen LogP) is 3.25. The molecule has 0 spiro atoms. The molecule has 7 nitrogen and oxygen atoms in total. The molecule has 1 aliphatic heterocycles. The molecule has 7 heteroatoms. The van der Waals surface area contributed by atoms with Crippen molar-refractivity contribution in [2.75, 3.05) is 32.8 Å². The first-order valence-electron chi connectivity index (χ1n) is 10.2. The van der Waals surface area contributed by atoms with Crippen molar-refractivity contribution in [1.82, 2.24) is 9.80 Å². The Labute approximate surface area is 171 Å². The van der Waals surface area contributed by atoms with E-state index >= 15 is 0 Å². The number of allylic oxidation sites excluding steroid dienone is 1. The Morgan fingerprint density at radius 1 is 1.03 bits per heavy atom. The molecule has 0 N–H and O–H groups in total. The normalized spacial score (nSPS) is 17.5. The van der Waals surface area contributed by atoms with E-state index in [4.69, 9.17) is 9.47 Å². The Hall–Kier alpha value is -2.83. The molecule has 0 aromatic heterocycles. The summed E-state index contributed by atoms with van der Waals surface area (Å²) < 4.78 is 9.74. The van der Waals surface area contributed by atoms with E-state index < -0.39 is 6.16 Å². The van der Waals surface area contributed by atoms with Gasteiger partial charge in [0.15, 0.2) is 0 Å². The maximum atomic E-state index is 12.8. The largest absolute Gasteiger partial charge is 0.513 e. The Bertz CT molecular complexity index is 783. The summed E-state index contributed by atoms with van der Waals surface area (Å²) >= 11 is 0. The van der Waals surface area contributed by atoms with Crippen molar-refractivity contribution in [3.63, 3.8) is 0 Å². The number of amides is 2. The van der Waals surface area contributed by atoms with Gasteiger partial charge in [0.1, 0.15) is 5.75 Å². The van der Waals surface area contributed by atoms with Gasteiger partial charge in [-0.2, -0.15) is 0 Å². The smallest absolute Gasteiger partial charge is 0.434 e. The predicted molar refractivity (Wildman–Crippen MR) is 108 cm³/mol. The molecule has 0 radical (unpaired) electrons. The van der Waals surface area contributed by atoms with Crippen LogP contribution in [0.1, 0.15) is 43.5 Å². The summed E-state index contributed by atoms with van der Waals surface area (Å²) in [5.74, 6) is 0.862. The maximum Gasteiger partial charge on any atom is 0.513 e. The van der Waals surface area contributed by atoms with E-state index in [1.807, 2.05) is 11.8 Å². The Balaban J connectivity index is 1.55. The molecular formula is C22H28N2O5. The van der Waals surface area contributed by atoms with Crippen molar-refractivity contribution in [2.24, 2.45) is 5.92 Å². The third-order valence-electron chi connectivity index (χ3n) is 5.23. The summed E-state index contributed by atoms with van der Waals surface area (Å²) in [5.41, 5.74) is 1.68. The molecule has 1 saturated carbocycles. The number of hydrogen-bond donors (Lipinski definition) is 0. The highest BCUT2D eigenvalue weighted by molar-refractivity contribution is 5.94. The topological polar surface area (TPSA) is 76.2 Å². The minimum Gasteiger partial charge on any atom is -0.434 e. The SMILES string of the molecule is CCOC(=O)Oc1ccc(C(=O)N2CCCN(C(=O)/C=C(\C)C3CC3)CC2)cc1. The van der Waals surface area contributed by atoms with E-state index in [9.17, 15) is 14.4 Å². The number of benzene rings is 1. The van der Waals surface area contributed by atoms with E-state index in [0.717, 1.165) is 12.0 Å². The van der Waals surface area contributed by atoms with E-state index in [2.05, 4.69) is 0 Å². The Kier molecular flexibility index (Phi) is 6.90. The summed E-state index contributed by atoms with van der Waals surface area (Å²) in [6.07, 6.45) is 4.10. The molecule has 1 aromatic carbocycles. The lowest BCUT2D eigenvalue weighted by Gasteiger charge is -2.22. The van der Waals surface area contributed by atoms with Gasteiger partial charge in [0, 0.05) is 37.8 Å². The summed E-state index contributed by atoms with van der Waals surface area (Å²) in [4.78, 5) is 40.3. The van der Waals surface area contributed by atoms with Crippen LogP contribution < -0.4 is 4.74 Å². The van der Waals surface area contributed by atoms with Gasteiger partial charge in [-0.05, 0) is 63.3 Å². The van der Waals surface area contributed by atoms with Gasteiger partial charge in [0.05, 0.1) is 6.61 Å². The van der Waals surface area contributed by atoms with E-state index in [1.165, 1.54) is 12.8 Å². The second kappa shape index (κ2) is 9.58. The van der Waals surface area contributed by atoms with Gasteiger partial charge < -0.3 is 19.3 Å². The molecule has 2 fully saturated rings. The highest BCUT2D eigenvalue weighted by Crippen LogP contribution is 2.36. The quantitative estimate of drug-likeness (QED) is 0.431. The summed E-state index contributed by atoms with van der Waals surface area (Å²) in [6, 6.07) is 6.41. The monoisotopic (exact) mass is 400 g/mol. The molecule has 0 atom stereocenters. The van der Waals surface area contributed by atoms with E-state index in [0.29, 0.717) is 43.4 Å². The molecule has 2 amide bonds. The van der Waals surface area contributed by atoms with Crippen LogP contribution in [-0.2, 0) is 9.53 Å². The number of ether oxygens (including phenoxy) is 2. The minimum atomic E-state index is -0.769. The fourth-order valence-corrected chi connectivity index (χ4v) is 3.38. The lowest BCUT2D eigenvalue weighted by Crippen LogP contribution is -2.36. The molecule has 1 aliphatic carbocycles. The van der Waals surface area contributed by atoms with Gasteiger partial charge >= 0.3 is 6.16 Å². The molecular weight excluding hydrogens is 372 g/mol. The molecule has 3 rings (SSSR count). The fraction of sp³-hybridized carbons (Fsp3) is 0.500. The first-order chi connectivity index (χ1) is 14.0. The second-order valence-corrected chi connectivity index (χ2v) is 7.44. The molecule has 156 valence electrons. The van der Waals surface area contributed by atoms with Crippen LogP contribution in [0.5, 0.6) is 5.75 Å². The molecule has 1 heterocycles. The van der Waals surface area contributed by atoms with Crippen LogP contribution >= 0.6 is 0 Å². The van der Waals surface area contributed by atoms with Crippen LogP contribution in [0.25, 0.3) is 0 Å². The van der Waals surface area contributed by atoms with Crippen LogP contribution in [0.15, 0.2) is 35.9 Å². The zero-order valence-electron chi connectivity index (χ0n) is 17.1. The zero-order valence-corrected chi connectivity index (χ0v) is 17.1. The van der Waals surface area contributed by atoms with Crippen molar-refractivity contribution < 1.29 is 23.9 Å². The third kappa shape index (κ3) is 5.82. The third-order valence-corrected chi connectivity index (χ3v) is 5.23. The van der Waals surface area contributed by atoms with E-state index in [1.54, 1.807) is 42.2 Å². The van der Waals surface area contributed by atoms with Crippen molar-refractivity contribution in [2.45, 2.75) is 33.1 Å². The van der Waals surface area contributed by atoms with Crippen molar-refractivity contribution >= 4 is 18.0 Å². The Morgan fingerprint density at radius 2 is 1.69 bits per heavy atom. The molecule has 0 unspecified atom stereocenters. The van der Waals surface area contributed by atoms with Crippen molar-refractivity contribution in [3.8, 4) is 5.75 Å². The summed E-state index contributed by atoms with van der Waals surface area (Å²) in [6.45, 7) is 6.26. The second-order valence-electron chi connectivity index (χ2n) is 7.44. The van der Waals surface area contributed by atoms with Crippen LogP contribution in [0.3, 0.4) is 0 Å². The standard InChI is InChI=1S/C22H28N2O5/c1-3-28-22(27)29-19-9-7-18(8-10-19)21(26)24-12-4-11-23(13-14-24)20(25)15-16(2)17-5-6-17/h7-10,15,17H,3-6,11-14H2,1-2H3/b16-15+. The van der Waals surface area contributed by atoms with Crippen LogP contribution in [0, 0.1) is 5.92 Å². The highest BCUT2D eigenvalue weighted by Gasteiger charge is 2.26. The first kappa shape index (κ1) is 20.9. The van der Waals surface area contributed by atoms with Gasteiger partial charge in [0.25, 0.3) is 5.91 Å². The van der Waals surface area contributed by atoms with Gasteiger partial charge in [-0.3, -0.25) is 9.59 Å². The van der Waals surface area contributed by atoms with Crippen molar-refractivity contribution in [3.05, 3.63) is 41.5 Å². The average molecular weight is 400 g/mol. The number of carbonyl (C=O) groups is 3. The van der Waals surface area contributed by atoms with Gasteiger partial charge in [-0.15, -0.1) is 0 Å². The van der Waals surface area contributed by atoms with Gasteiger partial charge in [-0.1, -0.05) is 5.57 Å². The number of nitrogens with zero attached hydrogens (tertiary/aromatic N) is 2. The molecule has 0 bridgehead atoms. The first-order valence-corrected chi connectivity index (χ1v) is 10.2. The van der Waals surface area contributed by atoms with Crippen LogP contribution in [0.2, 0.25) is 0 Å². The lowest BCUT2D eigenvalue weighted by molar-refractivity contribution is -0.125. The van der Waals surface area contributed by atoms with Gasteiger partial charge in [-0.25, -0.2) is 4.79 Å². The zero-order chi connectivity index (χ0) is 20.8. The summed E-state index contributed by atoms with van der Waals surface area (Å²) in [5, 5.41) is 0. The van der Waals surface area contributed by atoms with Crippen molar-refractivity contribution in [1.29, 1.82) is 0 Å².